The normalized spacial score (nSPS) is 25.7. The summed E-state index contributed by atoms with van der Waals surface area (Å²) in [6, 6.07) is 0.352. The molecule has 2 aromatic heterocycles. The van der Waals surface area contributed by atoms with Crippen molar-refractivity contribution < 1.29 is 26.3 Å². The van der Waals surface area contributed by atoms with E-state index in [-0.39, 0.29) is 36.0 Å². The Morgan fingerprint density at radius 1 is 1.23 bits per heavy atom. The Kier molecular flexibility index (Phi) is 5.45. The highest BCUT2D eigenvalue weighted by Gasteiger charge is 2.45. The van der Waals surface area contributed by atoms with E-state index in [4.69, 9.17) is 4.74 Å². The number of sulfonamides is 1. The maximum atomic E-state index is 13.0. The van der Waals surface area contributed by atoms with Gasteiger partial charge < -0.3 is 14.6 Å². The number of ether oxygens (including phenoxy) is 1. The Balaban J connectivity index is 1.59. The summed E-state index contributed by atoms with van der Waals surface area (Å²) in [5, 5.41) is 2.91. The van der Waals surface area contributed by atoms with Crippen LogP contribution >= 0.6 is 0 Å². The number of alkyl halides is 3. The van der Waals surface area contributed by atoms with Crippen LogP contribution < -0.4 is 5.32 Å². The predicted octanol–water partition coefficient (Wildman–Crippen LogP) is 1.51. The lowest BCUT2D eigenvalue weighted by atomic mass is 9.95. The fourth-order valence-electron chi connectivity index (χ4n) is 3.89. The van der Waals surface area contributed by atoms with Crippen LogP contribution in [0.25, 0.3) is 0 Å². The molecule has 1 N–H and O–H groups in total. The molecule has 0 aromatic carbocycles. The van der Waals surface area contributed by atoms with Gasteiger partial charge in [0, 0.05) is 51.0 Å². The van der Waals surface area contributed by atoms with Crippen molar-refractivity contribution in [3.8, 4) is 0 Å². The third kappa shape index (κ3) is 4.14. The van der Waals surface area contributed by atoms with E-state index in [1.165, 1.54) is 21.4 Å². The van der Waals surface area contributed by atoms with E-state index < -0.39 is 27.9 Å². The summed E-state index contributed by atoms with van der Waals surface area (Å²) < 4.78 is 73.5. The lowest BCUT2D eigenvalue weighted by Gasteiger charge is -2.25. The Bertz CT molecular complexity index is 1010. The zero-order valence-corrected chi connectivity index (χ0v) is 16.9. The van der Waals surface area contributed by atoms with Crippen molar-refractivity contribution in [3.63, 3.8) is 0 Å². The van der Waals surface area contributed by atoms with Crippen molar-refractivity contribution >= 4 is 15.8 Å². The average molecular weight is 446 g/mol. The van der Waals surface area contributed by atoms with Crippen LogP contribution in [-0.2, 0) is 28.0 Å². The molecule has 13 heteroatoms. The number of aryl methyl sites for hydroxylation is 1. The Labute approximate surface area is 171 Å². The van der Waals surface area contributed by atoms with Gasteiger partial charge in [0.1, 0.15) is 17.8 Å². The van der Waals surface area contributed by atoms with Gasteiger partial charge >= 0.3 is 6.18 Å². The molecule has 0 bridgehead atoms. The van der Waals surface area contributed by atoms with Gasteiger partial charge in [0.2, 0.25) is 0 Å². The summed E-state index contributed by atoms with van der Waals surface area (Å²) in [4.78, 5) is 11.1. The van der Waals surface area contributed by atoms with Crippen molar-refractivity contribution in [2.24, 2.45) is 13.0 Å². The van der Waals surface area contributed by atoms with Crippen molar-refractivity contribution in [1.82, 2.24) is 23.8 Å². The van der Waals surface area contributed by atoms with Gasteiger partial charge in [0.25, 0.3) is 10.0 Å². The monoisotopic (exact) mass is 446 g/mol. The highest BCUT2D eigenvalue weighted by molar-refractivity contribution is 7.89. The molecule has 30 heavy (non-hydrogen) atoms. The average Bonchev–Trinajstić information content (AvgIpc) is 3.41. The number of nitrogens with one attached hydrogen (secondary N) is 1. The molecule has 0 spiro atoms. The second kappa shape index (κ2) is 7.78. The zero-order valence-electron chi connectivity index (χ0n) is 16.1. The summed E-state index contributed by atoms with van der Waals surface area (Å²) in [7, 11) is -2.17. The van der Waals surface area contributed by atoms with Crippen molar-refractivity contribution in [3.05, 3.63) is 30.6 Å². The van der Waals surface area contributed by atoms with Crippen molar-refractivity contribution in [1.29, 1.82) is 0 Å². The lowest BCUT2D eigenvalue weighted by Crippen LogP contribution is -2.36. The van der Waals surface area contributed by atoms with E-state index in [0.29, 0.717) is 6.61 Å². The molecule has 2 aromatic rings. The molecule has 9 nitrogen and oxygen atoms in total. The Morgan fingerprint density at radius 3 is 2.67 bits per heavy atom. The van der Waals surface area contributed by atoms with Crippen molar-refractivity contribution in [2.75, 3.05) is 25.0 Å². The minimum Gasteiger partial charge on any atom is -0.378 e. The summed E-state index contributed by atoms with van der Waals surface area (Å²) in [6.45, 7) is 0.819. The van der Waals surface area contributed by atoms with Crippen LogP contribution in [0.15, 0.2) is 29.9 Å². The first-order valence-corrected chi connectivity index (χ1v) is 10.8. The quantitative estimate of drug-likeness (QED) is 0.743. The molecule has 0 radical (unpaired) electrons. The smallest absolute Gasteiger partial charge is 0.378 e. The summed E-state index contributed by atoms with van der Waals surface area (Å²) in [5.41, 5.74) is -1.07. The highest BCUT2D eigenvalue weighted by atomic mass is 32.2. The molecule has 4 heterocycles. The third-order valence-corrected chi connectivity index (χ3v) is 7.07. The third-order valence-electron chi connectivity index (χ3n) is 5.35. The van der Waals surface area contributed by atoms with Crippen LogP contribution in [-0.4, -0.2) is 64.1 Å². The van der Waals surface area contributed by atoms with E-state index in [1.807, 2.05) is 0 Å². The topological polar surface area (TPSA) is 102 Å². The molecule has 2 fully saturated rings. The summed E-state index contributed by atoms with van der Waals surface area (Å²) in [6.07, 6.45) is 0.480. The van der Waals surface area contributed by atoms with Crippen LogP contribution in [0.3, 0.4) is 0 Å². The van der Waals surface area contributed by atoms with Crippen LogP contribution in [0.4, 0.5) is 19.0 Å². The van der Waals surface area contributed by atoms with Gasteiger partial charge in [-0.1, -0.05) is 0 Å². The number of hydrogen-bond donors (Lipinski definition) is 1. The maximum absolute atomic E-state index is 13.0. The van der Waals surface area contributed by atoms with E-state index in [0.717, 1.165) is 25.2 Å². The first kappa shape index (κ1) is 21.0. The molecule has 2 saturated heterocycles. The second-order valence-corrected chi connectivity index (χ2v) is 9.34. The SMILES string of the molecule is Cn1cnc(S(=O)(=O)N2C[C@H](Nc3cc(C(F)(F)F)ncn3)[C@@H](C3CCCO3)C2)c1. The number of aromatic nitrogens is 4. The van der Waals surface area contributed by atoms with Crippen LogP contribution in [0, 0.1) is 5.92 Å². The fraction of sp³-hybridized carbons (Fsp3) is 0.588. The Hall–Kier alpha value is -2.25. The van der Waals surface area contributed by atoms with E-state index in [2.05, 4.69) is 20.3 Å². The second-order valence-electron chi connectivity index (χ2n) is 7.45. The van der Waals surface area contributed by atoms with Gasteiger partial charge in [0.15, 0.2) is 5.03 Å². The predicted molar refractivity (Wildman–Crippen MR) is 98.9 cm³/mol. The number of anilines is 1. The first-order chi connectivity index (χ1) is 14.1. The fourth-order valence-corrected chi connectivity index (χ4v) is 5.36. The highest BCUT2D eigenvalue weighted by Crippen LogP contribution is 2.34. The minimum atomic E-state index is -4.60. The molecule has 0 amide bonds. The number of imidazole rings is 1. The number of rotatable bonds is 5. The van der Waals surface area contributed by atoms with Gasteiger partial charge in [-0.3, -0.25) is 0 Å². The van der Waals surface area contributed by atoms with E-state index in [9.17, 15) is 21.6 Å². The summed E-state index contributed by atoms with van der Waals surface area (Å²) >= 11 is 0. The molecule has 3 atom stereocenters. The molecule has 0 aliphatic carbocycles. The van der Waals surface area contributed by atoms with E-state index >= 15 is 0 Å². The van der Waals surface area contributed by atoms with Crippen LogP contribution in [0.2, 0.25) is 0 Å². The first-order valence-electron chi connectivity index (χ1n) is 9.40. The summed E-state index contributed by atoms with van der Waals surface area (Å²) in [5.74, 6) is -0.252. The molecule has 2 aliphatic rings. The number of hydrogen-bond acceptors (Lipinski definition) is 7. The largest absolute Gasteiger partial charge is 0.433 e. The molecule has 0 saturated carbocycles. The molecular weight excluding hydrogens is 425 g/mol. The minimum absolute atomic E-state index is 0.0117. The zero-order chi connectivity index (χ0) is 21.5. The van der Waals surface area contributed by atoms with Crippen molar-refractivity contribution in [2.45, 2.75) is 36.2 Å². The lowest BCUT2D eigenvalue weighted by molar-refractivity contribution is -0.141. The molecule has 1 unspecified atom stereocenters. The van der Waals surface area contributed by atoms with Gasteiger partial charge in [0.05, 0.1) is 12.4 Å². The Morgan fingerprint density at radius 2 is 2.03 bits per heavy atom. The van der Waals surface area contributed by atoms with Gasteiger partial charge in [-0.25, -0.2) is 23.4 Å². The van der Waals surface area contributed by atoms with E-state index in [1.54, 1.807) is 7.05 Å². The van der Waals surface area contributed by atoms with Gasteiger partial charge in [-0.2, -0.15) is 17.5 Å². The van der Waals surface area contributed by atoms with Crippen LogP contribution in [0.5, 0.6) is 0 Å². The van der Waals surface area contributed by atoms with Gasteiger partial charge in [-0.05, 0) is 12.8 Å². The molecular formula is C17H21F3N6O3S. The number of nitrogens with zero attached hydrogens (tertiary/aromatic N) is 5. The number of halogens is 3. The van der Waals surface area contributed by atoms with Crippen LogP contribution in [0.1, 0.15) is 18.5 Å². The maximum Gasteiger partial charge on any atom is 0.433 e. The van der Waals surface area contributed by atoms with Gasteiger partial charge in [-0.15, -0.1) is 0 Å². The molecule has 2 aliphatic heterocycles. The molecule has 164 valence electrons. The standard InChI is InChI=1S/C17H21F3N6O3S/c1-25-8-16(23-10-25)30(27,28)26-6-11(13-3-2-4-29-13)12(7-26)24-15-5-14(17(18,19)20)21-9-22-15/h5,8-13H,2-4,6-7H2,1H3,(H,21,22,24)/t11-,12-,13?/m0/s1. The molecule has 4 rings (SSSR count).